The van der Waals surface area contributed by atoms with E-state index < -0.39 is 0 Å². The number of furan rings is 1. The summed E-state index contributed by atoms with van der Waals surface area (Å²) in [7, 11) is 1.59. The molecule has 164 valence electrons. The van der Waals surface area contributed by atoms with Crippen molar-refractivity contribution in [3.63, 3.8) is 0 Å². The molecule has 1 saturated heterocycles. The third-order valence-corrected chi connectivity index (χ3v) is 5.85. The van der Waals surface area contributed by atoms with E-state index in [0.717, 1.165) is 35.4 Å². The van der Waals surface area contributed by atoms with Crippen molar-refractivity contribution in [3.8, 4) is 11.5 Å². The number of carbonyl (C=O) groups is 1. The van der Waals surface area contributed by atoms with Crippen LogP contribution in [0.15, 0.2) is 40.8 Å². The molecule has 1 N–H and O–H groups in total. The molecule has 2 heterocycles. The molecule has 3 aromatic rings. The van der Waals surface area contributed by atoms with Gasteiger partial charge in [0.25, 0.3) is 5.91 Å². The van der Waals surface area contributed by atoms with Crippen LogP contribution in [-0.2, 0) is 6.54 Å². The van der Waals surface area contributed by atoms with Gasteiger partial charge >= 0.3 is 0 Å². The molecule has 0 bridgehead atoms. The number of amides is 1. The molecule has 4 rings (SSSR count). The molecule has 1 aromatic heterocycles. The van der Waals surface area contributed by atoms with Gasteiger partial charge in [-0.25, -0.2) is 4.39 Å². The van der Waals surface area contributed by atoms with Gasteiger partial charge in [0, 0.05) is 10.9 Å². The number of halogens is 1. The van der Waals surface area contributed by atoms with E-state index in [0.29, 0.717) is 43.3 Å². The Kier molecular flexibility index (Phi) is 6.13. The number of benzene rings is 2. The van der Waals surface area contributed by atoms with Gasteiger partial charge in [0.05, 0.1) is 45.5 Å². The molecule has 0 atom stereocenters. The van der Waals surface area contributed by atoms with Gasteiger partial charge in [-0.05, 0) is 50.2 Å². The molecule has 0 spiro atoms. The van der Waals surface area contributed by atoms with Crippen molar-refractivity contribution in [3.05, 3.63) is 59.1 Å². The molecule has 0 saturated carbocycles. The maximum atomic E-state index is 13.7. The van der Waals surface area contributed by atoms with Crippen LogP contribution in [0.2, 0.25) is 0 Å². The molecule has 31 heavy (non-hydrogen) atoms. The number of nitrogens with zero attached hydrogens (tertiary/aromatic N) is 1. The number of carbonyl (C=O) groups excluding carboxylic acids is 1. The summed E-state index contributed by atoms with van der Waals surface area (Å²) in [5.41, 5.74) is 2.36. The summed E-state index contributed by atoms with van der Waals surface area (Å²) in [6, 6.07) is 10.2. The molecule has 1 aliphatic rings. The fourth-order valence-electron chi connectivity index (χ4n) is 4.16. The SMILES string of the molecule is CCOc1ccc2oc(C(=O)N3CC[NH+](Cc4cc(F)ccc4OC)CC3)c(C)c2c1. The highest BCUT2D eigenvalue weighted by molar-refractivity contribution is 5.99. The molecule has 2 aromatic carbocycles. The summed E-state index contributed by atoms with van der Waals surface area (Å²) < 4.78 is 30.5. The second kappa shape index (κ2) is 8.98. The molecule has 0 unspecified atom stereocenters. The van der Waals surface area contributed by atoms with Crippen LogP contribution < -0.4 is 14.4 Å². The lowest BCUT2D eigenvalue weighted by Gasteiger charge is -2.32. The van der Waals surface area contributed by atoms with Crippen molar-refractivity contribution in [1.82, 2.24) is 4.90 Å². The zero-order valence-corrected chi connectivity index (χ0v) is 18.2. The third-order valence-electron chi connectivity index (χ3n) is 5.85. The van der Waals surface area contributed by atoms with Gasteiger partial charge in [0.2, 0.25) is 0 Å². The lowest BCUT2D eigenvalue weighted by Crippen LogP contribution is -3.13. The number of rotatable bonds is 6. The summed E-state index contributed by atoms with van der Waals surface area (Å²) >= 11 is 0. The van der Waals surface area contributed by atoms with Crippen LogP contribution >= 0.6 is 0 Å². The first kappa shape index (κ1) is 21.2. The number of hydrogen-bond acceptors (Lipinski definition) is 4. The first-order valence-electron chi connectivity index (χ1n) is 10.6. The average Bonchev–Trinajstić information content (AvgIpc) is 3.10. The van der Waals surface area contributed by atoms with E-state index in [1.54, 1.807) is 13.2 Å². The normalized spacial score (nSPS) is 14.8. The number of ether oxygens (including phenoxy) is 2. The van der Waals surface area contributed by atoms with E-state index in [1.165, 1.54) is 17.0 Å². The third kappa shape index (κ3) is 4.37. The maximum absolute atomic E-state index is 13.7. The Balaban J connectivity index is 1.44. The largest absolute Gasteiger partial charge is 0.496 e. The molecule has 1 aliphatic heterocycles. The number of hydrogen-bond donors (Lipinski definition) is 1. The number of piperazine rings is 1. The lowest BCUT2D eigenvalue weighted by molar-refractivity contribution is -0.917. The summed E-state index contributed by atoms with van der Waals surface area (Å²) in [5, 5.41) is 0.900. The van der Waals surface area contributed by atoms with E-state index in [4.69, 9.17) is 13.9 Å². The molecule has 0 radical (unpaired) electrons. The van der Waals surface area contributed by atoms with Crippen molar-refractivity contribution in [1.29, 1.82) is 0 Å². The van der Waals surface area contributed by atoms with Gasteiger partial charge in [0.15, 0.2) is 5.76 Å². The van der Waals surface area contributed by atoms with Crippen molar-refractivity contribution in [2.45, 2.75) is 20.4 Å². The fourth-order valence-corrected chi connectivity index (χ4v) is 4.16. The zero-order chi connectivity index (χ0) is 22.0. The predicted molar refractivity (Wildman–Crippen MR) is 115 cm³/mol. The van der Waals surface area contributed by atoms with Crippen molar-refractivity contribution in [2.75, 3.05) is 39.9 Å². The van der Waals surface area contributed by atoms with Crippen molar-refractivity contribution < 1.29 is 28.0 Å². The summed E-state index contributed by atoms with van der Waals surface area (Å²) in [6.45, 7) is 7.88. The van der Waals surface area contributed by atoms with E-state index in [1.807, 2.05) is 36.9 Å². The van der Waals surface area contributed by atoms with Crippen LogP contribution in [0.25, 0.3) is 11.0 Å². The van der Waals surface area contributed by atoms with Gasteiger partial charge < -0.3 is 23.7 Å². The summed E-state index contributed by atoms with van der Waals surface area (Å²) in [5.74, 6) is 1.49. The first-order valence-corrected chi connectivity index (χ1v) is 10.6. The monoisotopic (exact) mass is 427 g/mol. The second-order valence-electron chi connectivity index (χ2n) is 7.82. The van der Waals surface area contributed by atoms with Crippen molar-refractivity contribution in [2.24, 2.45) is 0 Å². The molecular formula is C24H28FN2O4+. The highest BCUT2D eigenvalue weighted by atomic mass is 19.1. The first-order chi connectivity index (χ1) is 15.0. The Morgan fingerprint density at radius 2 is 1.97 bits per heavy atom. The van der Waals surface area contributed by atoms with Gasteiger partial charge in [-0.2, -0.15) is 0 Å². The standard InChI is InChI=1S/C24H27FN2O4/c1-4-30-19-6-8-22-20(14-19)16(2)23(31-22)24(28)27-11-9-26(10-12-27)15-17-13-18(25)5-7-21(17)29-3/h5-8,13-14H,4,9-12,15H2,1-3H3/p+1. The molecule has 6 nitrogen and oxygen atoms in total. The van der Waals surface area contributed by atoms with E-state index in [2.05, 4.69) is 0 Å². The zero-order valence-electron chi connectivity index (χ0n) is 18.2. The minimum atomic E-state index is -0.267. The van der Waals surface area contributed by atoms with E-state index in [-0.39, 0.29) is 11.7 Å². The van der Waals surface area contributed by atoms with Crippen LogP contribution in [0.4, 0.5) is 4.39 Å². The number of nitrogens with one attached hydrogen (secondary N) is 1. The topological polar surface area (TPSA) is 56.3 Å². The Labute approximate surface area is 181 Å². The Morgan fingerprint density at radius 3 is 2.68 bits per heavy atom. The van der Waals surface area contributed by atoms with Gasteiger partial charge in [0.1, 0.15) is 29.4 Å². The second-order valence-corrected chi connectivity index (χ2v) is 7.82. The summed E-state index contributed by atoms with van der Waals surface area (Å²) in [4.78, 5) is 16.3. The molecule has 0 aliphatic carbocycles. The number of quaternary nitrogens is 1. The van der Waals surface area contributed by atoms with Gasteiger partial charge in [-0.1, -0.05) is 0 Å². The fraction of sp³-hybridized carbons (Fsp3) is 0.375. The highest BCUT2D eigenvalue weighted by Crippen LogP contribution is 2.29. The highest BCUT2D eigenvalue weighted by Gasteiger charge is 2.29. The average molecular weight is 427 g/mol. The Bertz CT molecular complexity index is 1090. The number of aryl methyl sites for hydroxylation is 1. The molecule has 7 heteroatoms. The lowest BCUT2D eigenvalue weighted by atomic mass is 10.1. The van der Waals surface area contributed by atoms with E-state index in [9.17, 15) is 9.18 Å². The predicted octanol–water partition coefficient (Wildman–Crippen LogP) is 2.83. The molecule has 1 fully saturated rings. The van der Waals surface area contributed by atoms with Crippen LogP contribution in [0.3, 0.4) is 0 Å². The summed E-state index contributed by atoms with van der Waals surface area (Å²) in [6.07, 6.45) is 0. The van der Waals surface area contributed by atoms with Crippen LogP contribution in [0, 0.1) is 12.7 Å². The minimum Gasteiger partial charge on any atom is -0.496 e. The minimum absolute atomic E-state index is 0.0888. The number of methoxy groups -OCH3 is 1. The smallest absolute Gasteiger partial charge is 0.290 e. The van der Waals surface area contributed by atoms with E-state index >= 15 is 0 Å². The van der Waals surface area contributed by atoms with Crippen LogP contribution in [0.1, 0.15) is 28.6 Å². The van der Waals surface area contributed by atoms with Gasteiger partial charge in [-0.3, -0.25) is 4.79 Å². The number of fused-ring (bicyclic) bond motifs is 1. The Morgan fingerprint density at radius 1 is 1.19 bits per heavy atom. The molecule has 1 amide bonds. The Hall–Kier alpha value is -3.06. The van der Waals surface area contributed by atoms with Crippen molar-refractivity contribution >= 4 is 16.9 Å². The van der Waals surface area contributed by atoms with Crippen LogP contribution in [0.5, 0.6) is 11.5 Å². The van der Waals surface area contributed by atoms with Gasteiger partial charge in [-0.15, -0.1) is 0 Å². The molecular weight excluding hydrogens is 399 g/mol. The van der Waals surface area contributed by atoms with Crippen LogP contribution in [-0.4, -0.2) is 50.7 Å². The quantitative estimate of drug-likeness (QED) is 0.657. The maximum Gasteiger partial charge on any atom is 0.290 e.